The van der Waals surface area contributed by atoms with Crippen LogP contribution in [0.15, 0.2) is 6.07 Å². The number of carbonyl (C=O) groups excluding carboxylic acids is 2. The normalized spacial score (nSPS) is 17.0. The van der Waals surface area contributed by atoms with Crippen molar-refractivity contribution in [2.24, 2.45) is 0 Å². The van der Waals surface area contributed by atoms with Crippen molar-refractivity contribution in [3.63, 3.8) is 0 Å². The Bertz CT molecular complexity index is 634. The van der Waals surface area contributed by atoms with Crippen molar-refractivity contribution in [3.8, 4) is 11.5 Å². The molecule has 0 aliphatic carbocycles. The summed E-state index contributed by atoms with van der Waals surface area (Å²) in [5.74, 6) is -2.05. The van der Waals surface area contributed by atoms with E-state index in [9.17, 15) is 14.7 Å². The van der Waals surface area contributed by atoms with Gasteiger partial charge < -0.3 is 28.8 Å². The second-order valence-electron chi connectivity index (χ2n) is 5.43. The summed E-state index contributed by atoms with van der Waals surface area (Å²) in [6, 6.07) is 1.27. The average Bonchev–Trinajstić information content (AvgIpc) is 2.65. The van der Waals surface area contributed by atoms with Crippen LogP contribution in [-0.2, 0) is 25.6 Å². The topological polar surface area (TPSA) is 101 Å². The summed E-state index contributed by atoms with van der Waals surface area (Å²) in [6.45, 7) is 0.602. The van der Waals surface area contributed by atoms with Crippen molar-refractivity contribution in [2.45, 2.75) is 32.2 Å². The molecule has 1 unspecified atom stereocenters. The van der Waals surface area contributed by atoms with E-state index < -0.39 is 11.9 Å². The molecule has 1 atom stereocenters. The number of benzene rings is 1. The molecule has 2 rings (SSSR count). The fourth-order valence-corrected chi connectivity index (χ4v) is 2.67. The molecule has 1 aliphatic rings. The summed E-state index contributed by atoms with van der Waals surface area (Å²) in [4.78, 5) is 24.1. The Kier molecular flexibility index (Phi) is 6.60. The van der Waals surface area contributed by atoms with Crippen molar-refractivity contribution in [1.29, 1.82) is 0 Å². The molecule has 1 aromatic rings. The highest BCUT2D eigenvalue weighted by molar-refractivity contribution is 6.03. The Morgan fingerprint density at radius 1 is 1.16 bits per heavy atom. The number of carbonyl (C=O) groups is 2. The molecule has 25 heavy (non-hydrogen) atoms. The van der Waals surface area contributed by atoms with Crippen LogP contribution < -0.4 is 4.74 Å². The summed E-state index contributed by atoms with van der Waals surface area (Å²) in [7, 11) is 3.65. The summed E-state index contributed by atoms with van der Waals surface area (Å²) >= 11 is 0. The molecular formula is C17H22O8. The fraction of sp³-hybridized carbons (Fsp3) is 0.529. The van der Waals surface area contributed by atoms with Gasteiger partial charge in [0.1, 0.15) is 16.9 Å². The van der Waals surface area contributed by atoms with Crippen LogP contribution in [0, 0.1) is 0 Å². The Balaban J connectivity index is 2.41. The lowest BCUT2D eigenvalue weighted by Crippen LogP contribution is -2.23. The maximum atomic E-state index is 12.2. The van der Waals surface area contributed by atoms with Crippen LogP contribution in [0.5, 0.6) is 11.5 Å². The predicted molar refractivity (Wildman–Crippen MR) is 85.7 cm³/mol. The Morgan fingerprint density at radius 2 is 1.84 bits per heavy atom. The zero-order valence-electron chi connectivity index (χ0n) is 14.5. The van der Waals surface area contributed by atoms with Gasteiger partial charge in [0.15, 0.2) is 12.0 Å². The van der Waals surface area contributed by atoms with Crippen LogP contribution in [0.25, 0.3) is 0 Å². The average molecular weight is 354 g/mol. The summed E-state index contributed by atoms with van der Waals surface area (Å²) in [5, 5.41) is 10.2. The van der Waals surface area contributed by atoms with Crippen LogP contribution in [-0.4, -0.2) is 51.3 Å². The van der Waals surface area contributed by atoms with Crippen LogP contribution in [0.4, 0.5) is 0 Å². The minimum Gasteiger partial charge on any atom is -0.507 e. The summed E-state index contributed by atoms with van der Waals surface area (Å²) < 4.78 is 25.8. The SMILES string of the molecule is COC(=O)c1c(O)cc(COC2CCCCO2)c(C(=O)OC)c1OC. The highest BCUT2D eigenvalue weighted by Gasteiger charge is 2.29. The lowest BCUT2D eigenvalue weighted by molar-refractivity contribution is -0.169. The highest BCUT2D eigenvalue weighted by Crippen LogP contribution is 2.36. The predicted octanol–water partition coefficient (Wildman–Crippen LogP) is 2.02. The smallest absolute Gasteiger partial charge is 0.345 e. The molecule has 1 aromatic carbocycles. The van der Waals surface area contributed by atoms with E-state index in [0.717, 1.165) is 26.4 Å². The van der Waals surface area contributed by atoms with Gasteiger partial charge in [-0.2, -0.15) is 0 Å². The van der Waals surface area contributed by atoms with Crippen LogP contribution in [0.1, 0.15) is 45.5 Å². The van der Waals surface area contributed by atoms with Gasteiger partial charge >= 0.3 is 11.9 Å². The Morgan fingerprint density at radius 3 is 2.40 bits per heavy atom. The molecule has 0 radical (unpaired) electrons. The Labute approximate surface area is 145 Å². The van der Waals surface area contributed by atoms with Gasteiger partial charge in [-0.1, -0.05) is 0 Å². The molecule has 8 nitrogen and oxygen atoms in total. The number of methoxy groups -OCH3 is 3. The number of ether oxygens (including phenoxy) is 5. The maximum Gasteiger partial charge on any atom is 0.345 e. The third-order valence-corrected chi connectivity index (χ3v) is 3.89. The van der Waals surface area contributed by atoms with Crippen LogP contribution in [0.3, 0.4) is 0 Å². The van der Waals surface area contributed by atoms with Crippen LogP contribution in [0.2, 0.25) is 0 Å². The van der Waals surface area contributed by atoms with Crippen molar-refractivity contribution in [3.05, 3.63) is 22.8 Å². The van der Waals surface area contributed by atoms with Crippen molar-refractivity contribution >= 4 is 11.9 Å². The fourth-order valence-electron chi connectivity index (χ4n) is 2.67. The van der Waals surface area contributed by atoms with E-state index in [0.29, 0.717) is 12.2 Å². The monoisotopic (exact) mass is 354 g/mol. The first-order valence-electron chi connectivity index (χ1n) is 7.86. The molecule has 138 valence electrons. The van der Waals surface area contributed by atoms with E-state index in [1.54, 1.807) is 0 Å². The second kappa shape index (κ2) is 8.68. The number of phenolic OH excluding ortho intramolecular Hbond substituents is 1. The molecular weight excluding hydrogens is 332 g/mol. The Hall–Kier alpha value is -2.32. The van der Waals surface area contributed by atoms with Gasteiger partial charge in [-0.25, -0.2) is 9.59 Å². The van der Waals surface area contributed by atoms with Gasteiger partial charge in [-0.3, -0.25) is 0 Å². The van der Waals surface area contributed by atoms with Gasteiger partial charge in [0.05, 0.1) is 27.9 Å². The lowest BCUT2D eigenvalue weighted by atomic mass is 10.0. The third-order valence-electron chi connectivity index (χ3n) is 3.89. The van der Waals surface area contributed by atoms with Gasteiger partial charge in [0, 0.05) is 6.61 Å². The largest absolute Gasteiger partial charge is 0.507 e. The van der Waals surface area contributed by atoms with Gasteiger partial charge in [0.2, 0.25) is 0 Å². The van der Waals surface area contributed by atoms with E-state index in [2.05, 4.69) is 4.74 Å². The third kappa shape index (κ3) is 4.21. The van der Waals surface area contributed by atoms with Gasteiger partial charge in [-0.05, 0) is 30.9 Å². The molecule has 8 heteroatoms. The molecule has 0 spiro atoms. The van der Waals surface area contributed by atoms with E-state index in [1.165, 1.54) is 20.3 Å². The van der Waals surface area contributed by atoms with Crippen molar-refractivity contribution in [2.75, 3.05) is 27.9 Å². The zero-order valence-corrected chi connectivity index (χ0v) is 14.5. The molecule has 0 saturated carbocycles. The minimum absolute atomic E-state index is 0.000917. The molecule has 1 fully saturated rings. The maximum absolute atomic E-state index is 12.2. The lowest BCUT2D eigenvalue weighted by Gasteiger charge is -2.23. The summed E-state index contributed by atoms with van der Waals surface area (Å²) in [6.07, 6.45) is 2.34. The van der Waals surface area contributed by atoms with Crippen molar-refractivity contribution < 1.29 is 38.4 Å². The molecule has 0 aromatic heterocycles. The second-order valence-corrected chi connectivity index (χ2v) is 5.43. The molecule has 1 heterocycles. The zero-order chi connectivity index (χ0) is 18.4. The molecule has 0 amide bonds. The van der Waals surface area contributed by atoms with E-state index in [1.807, 2.05) is 0 Å². The number of aromatic hydroxyl groups is 1. The highest BCUT2D eigenvalue weighted by atomic mass is 16.7. The van der Waals surface area contributed by atoms with E-state index >= 15 is 0 Å². The van der Waals surface area contributed by atoms with Crippen molar-refractivity contribution in [1.82, 2.24) is 0 Å². The standard InChI is InChI=1S/C17H22O8/c1-21-15-13(16(19)22-2)10(8-11(18)14(15)17(20)23-3)9-25-12-6-4-5-7-24-12/h8,12,18H,4-7,9H2,1-3H3. The quantitative estimate of drug-likeness (QED) is 0.775. The first kappa shape index (κ1) is 19.0. The minimum atomic E-state index is -0.831. The first-order valence-corrected chi connectivity index (χ1v) is 7.86. The summed E-state index contributed by atoms with van der Waals surface area (Å²) in [5.41, 5.74) is 0.0742. The van der Waals surface area contributed by atoms with E-state index in [4.69, 9.17) is 18.9 Å². The molecule has 0 bridgehead atoms. The molecule has 1 N–H and O–H groups in total. The first-order chi connectivity index (χ1) is 12.0. The number of hydrogen-bond acceptors (Lipinski definition) is 8. The van der Waals surface area contributed by atoms with Gasteiger partial charge in [-0.15, -0.1) is 0 Å². The number of rotatable bonds is 6. The number of hydrogen-bond donors (Lipinski definition) is 1. The van der Waals surface area contributed by atoms with Gasteiger partial charge in [0.25, 0.3) is 0 Å². The number of esters is 2. The van der Waals surface area contributed by atoms with Crippen LogP contribution >= 0.6 is 0 Å². The molecule has 1 saturated heterocycles. The number of phenols is 1. The molecule has 1 aliphatic heterocycles. The van der Waals surface area contributed by atoms with E-state index in [-0.39, 0.29) is 35.5 Å².